The maximum Gasteiger partial charge on any atom is 0.321 e. The van der Waals surface area contributed by atoms with E-state index in [1.165, 1.54) is 0 Å². The Hall–Kier alpha value is -2.54. The topological polar surface area (TPSA) is 70.7 Å². The molecule has 2 aromatic rings. The van der Waals surface area contributed by atoms with Crippen LogP contribution in [0.15, 0.2) is 53.0 Å². The molecule has 3 rings (SSSR count). The van der Waals surface area contributed by atoms with Crippen molar-refractivity contribution in [3.8, 4) is 5.75 Å². The van der Waals surface area contributed by atoms with E-state index >= 15 is 0 Å². The summed E-state index contributed by atoms with van der Waals surface area (Å²) in [5.74, 6) is 0.720. The molecule has 0 radical (unpaired) electrons. The number of benzene rings is 2. The van der Waals surface area contributed by atoms with Crippen molar-refractivity contribution in [2.45, 2.75) is 26.3 Å². The predicted octanol–water partition coefficient (Wildman–Crippen LogP) is 4.41. The minimum absolute atomic E-state index is 0.0403. The number of hydrogen-bond donors (Lipinski definition) is 2. The zero-order valence-electron chi connectivity index (χ0n) is 16.7. The summed E-state index contributed by atoms with van der Waals surface area (Å²) >= 11 is 3.38. The minimum atomic E-state index is -0.617. The Labute approximate surface area is 179 Å². The summed E-state index contributed by atoms with van der Waals surface area (Å²) in [6.07, 6.45) is 1.54. The van der Waals surface area contributed by atoms with Gasteiger partial charge in [0.15, 0.2) is 0 Å². The molecule has 1 heterocycles. The Morgan fingerprint density at radius 3 is 2.69 bits per heavy atom. The monoisotopic (exact) mass is 459 g/mol. The number of nitrogens with zero attached hydrogens (tertiary/aromatic N) is 1. The van der Waals surface area contributed by atoms with Gasteiger partial charge in [0.25, 0.3) is 0 Å². The largest absolute Gasteiger partial charge is 0.497 e. The van der Waals surface area contributed by atoms with Gasteiger partial charge in [-0.25, -0.2) is 4.79 Å². The van der Waals surface area contributed by atoms with Crippen molar-refractivity contribution in [3.63, 3.8) is 0 Å². The van der Waals surface area contributed by atoms with E-state index in [2.05, 4.69) is 26.6 Å². The minimum Gasteiger partial charge on any atom is -0.497 e. The normalized spacial score (nSPS) is 18.8. The molecule has 0 bridgehead atoms. The Bertz CT molecular complexity index is 872. The lowest BCUT2D eigenvalue weighted by molar-refractivity contribution is -0.132. The Morgan fingerprint density at radius 1 is 1.21 bits per heavy atom. The molecule has 1 aliphatic rings. The van der Waals surface area contributed by atoms with Crippen LogP contribution in [-0.4, -0.2) is 37.0 Å². The van der Waals surface area contributed by atoms with Crippen LogP contribution in [0.1, 0.15) is 25.3 Å². The molecular weight excluding hydrogens is 434 g/mol. The Morgan fingerprint density at radius 2 is 1.97 bits per heavy atom. The van der Waals surface area contributed by atoms with Crippen molar-refractivity contribution in [1.29, 1.82) is 0 Å². The van der Waals surface area contributed by atoms with Gasteiger partial charge in [0.1, 0.15) is 5.75 Å². The van der Waals surface area contributed by atoms with E-state index < -0.39 is 5.41 Å². The van der Waals surface area contributed by atoms with Crippen molar-refractivity contribution in [2.24, 2.45) is 5.41 Å². The molecule has 29 heavy (non-hydrogen) atoms. The van der Waals surface area contributed by atoms with Gasteiger partial charge in [-0.15, -0.1) is 0 Å². The predicted molar refractivity (Wildman–Crippen MR) is 117 cm³/mol. The van der Waals surface area contributed by atoms with Crippen LogP contribution in [0.25, 0.3) is 0 Å². The summed E-state index contributed by atoms with van der Waals surface area (Å²) in [4.78, 5) is 27.3. The third kappa shape index (κ3) is 5.50. The lowest BCUT2D eigenvalue weighted by atomic mass is 9.81. The lowest BCUT2D eigenvalue weighted by Gasteiger charge is -2.39. The van der Waals surface area contributed by atoms with Crippen molar-refractivity contribution < 1.29 is 14.3 Å². The van der Waals surface area contributed by atoms with E-state index in [1.54, 1.807) is 12.0 Å². The number of likely N-dealkylation sites (tertiary alicyclic amines) is 1. The van der Waals surface area contributed by atoms with Crippen LogP contribution in [0.2, 0.25) is 0 Å². The first kappa shape index (κ1) is 21.2. The number of rotatable bonds is 5. The summed E-state index contributed by atoms with van der Waals surface area (Å²) in [7, 11) is 1.62. The summed E-state index contributed by atoms with van der Waals surface area (Å²) in [6, 6.07) is 14.9. The second-order valence-corrected chi connectivity index (χ2v) is 8.47. The maximum atomic E-state index is 12.9. The van der Waals surface area contributed by atoms with Gasteiger partial charge in [-0.2, -0.15) is 0 Å². The van der Waals surface area contributed by atoms with E-state index in [-0.39, 0.29) is 11.9 Å². The van der Waals surface area contributed by atoms with Crippen molar-refractivity contribution in [2.75, 3.05) is 25.5 Å². The van der Waals surface area contributed by atoms with Crippen molar-refractivity contribution in [1.82, 2.24) is 10.2 Å². The molecule has 7 heteroatoms. The van der Waals surface area contributed by atoms with Crippen LogP contribution < -0.4 is 15.4 Å². The van der Waals surface area contributed by atoms with Gasteiger partial charge in [-0.05, 0) is 61.7 Å². The third-order valence-corrected chi connectivity index (χ3v) is 5.74. The number of amides is 3. The number of urea groups is 1. The Kier molecular flexibility index (Phi) is 6.79. The summed E-state index contributed by atoms with van der Waals surface area (Å²) in [6.45, 7) is 3.38. The van der Waals surface area contributed by atoms with Gasteiger partial charge in [0.2, 0.25) is 5.91 Å². The summed E-state index contributed by atoms with van der Waals surface area (Å²) < 4.78 is 6.18. The molecule has 1 atom stereocenters. The number of halogens is 1. The van der Waals surface area contributed by atoms with Crippen LogP contribution >= 0.6 is 15.9 Å². The molecule has 2 N–H and O–H groups in total. The average Bonchev–Trinajstić information content (AvgIpc) is 2.73. The molecule has 0 spiro atoms. The van der Waals surface area contributed by atoms with E-state index in [0.717, 1.165) is 34.3 Å². The number of nitrogens with one attached hydrogen (secondary N) is 2. The smallest absolute Gasteiger partial charge is 0.321 e. The molecule has 1 saturated heterocycles. The van der Waals surface area contributed by atoms with Gasteiger partial charge >= 0.3 is 6.03 Å². The summed E-state index contributed by atoms with van der Waals surface area (Å²) in [5, 5.41) is 5.92. The molecule has 0 saturated carbocycles. The van der Waals surface area contributed by atoms with Gasteiger partial charge in [-0.3, -0.25) is 4.79 Å². The van der Waals surface area contributed by atoms with Crippen molar-refractivity contribution in [3.05, 3.63) is 58.6 Å². The molecule has 3 amide bonds. The first-order valence-corrected chi connectivity index (χ1v) is 10.4. The average molecular weight is 460 g/mol. The standard InChI is InChI=1S/C22H26BrN3O3/c1-22(20(27)24-14-16-5-3-6-19(13-16)29-2)11-4-12-26(15-22)21(28)25-18-9-7-17(23)8-10-18/h3,5-10,13H,4,11-12,14-15H2,1-2H3,(H,24,27)(H,25,28). The molecule has 1 aliphatic heterocycles. The first-order chi connectivity index (χ1) is 13.9. The second kappa shape index (κ2) is 9.31. The number of methoxy groups -OCH3 is 1. The summed E-state index contributed by atoms with van der Waals surface area (Å²) in [5.41, 5.74) is 1.09. The highest BCUT2D eigenvalue weighted by Crippen LogP contribution is 2.30. The number of anilines is 1. The quantitative estimate of drug-likeness (QED) is 0.695. The molecular formula is C22H26BrN3O3. The van der Waals surface area contributed by atoms with Gasteiger partial charge in [0, 0.05) is 29.8 Å². The SMILES string of the molecule is COc1cccc(CNC(=O)C2(C)CCCN(C(=O)Nc3ccc(Br)cc3)C2)c1. The molecule has 6 nitrogen and oxygen atoms in total. The number of hydrogen-bond acceptors (Lipinski definition) is 3. The fraction of sp³-hybridized carbons (Fsp3) is 0.364. The molecule has 154 valence electrons. The molecule has 2 aromatic carbocycles. The van der Waals surface area contributed by atoms with E-state index in [1.807, 2.05) is 55.5 Å². The fourth-order valence-electron chi connectivity index (χ4n) is 3.51. The van der Waals surface area contributed by atoms with E-state index in [9.17, 15) is 9.59 Å². The second-order valence-electron chi connectivity index (χ2n) is 7.56. The van der Waals surface area contributed by atoms with Gasteiger partial charge in [-0.1, -0.05) is 28.1 Å². The highest BCUT2D eigenvalue weighted by atomic mass is 79.9. The highest BCUT2D eigenvalue weighted by Gasteiger charge is 2.39. The van der Waals surface area contributed by atoms with Gasteiger partial charge in [0.05, 0.1) is 12.5 Å². The van der Waals surface area contributed by atoms with E-state index in [0.29, 0.717) is 19.6 Å². The third-order valence-electron chi connectivity index (χ3n) is 5.21. The Balaban J connectivity index is 1.59. The molecule has 0 aliphatic carbocycles. The van der Waals surface area contributed by atoms with Crippen LogP contribution in [0, 0.1) is 5.41 Å². The zero-order valence-corrected chi connectivity index (χ0v) is 18.3. The van der Waals surface area contributed by atoms with Crippen LogP contribution in [0.5, 0.6) is 5.75 Å². The number of carbonyl (C=O) groups is 2. The molecule has 1 fully saturated rings. The number of piperidine rings is 1. The fourth-order valence-corrected chi connectivity index (χ4v) is 3.78. The van der Waals surface area contributed by atoms with Gasteiger partial charge < -0.3 is 20.3 Å². The van der Waals surface area contributed by atoms with Crippen LogP contribution in [-0.2, 0) is 11.3 Å². The van der Waals surface area contributed by atoms with Crippen LogP contribution in [0.3, 0.4) is 0 Å². The zero-order chi connectivity index (χ0) is 20.9. The highest BCUT2D eigenvalue weighted by molar-refractivity contribution is 9.10. The number of ether oxygens (including phenoxy) is 1. The number of carbonyl (C=O) groups excluding carboxylic acids is 2. The first-order valence-electron chi connectivity index (χ1n) is 9.62. The molecule has 1 unspecified atom stereocenters. The lowest BCUT2D eigenvalue weighted by Crippen LogP contribution is -2.52. The van der Waals surface area contributed by atoms with E-state index in [4.69, 9.17) is 4.74 Å². The van der Waals surface area contributed by atoms with Crippen molar-refractivity contribution >= 4 is 33.6 Å². The maximum absolute atomic E-state index is 12.9. The molecule has 0 aromatic heterocycles. The van der Waals surface area contributed by atoms with Crippen LogP contribution in [0.4, 0.5) is 10.5 Å².